The molecular weight excluding hydrogens is 284 g/mol. The van der Waals surface area contributed by atoms with Gasteiger partial charge in [-0.15, -0.1) is 0 Å². The Morgan fingerprint density at radius 2 is 1.91 bits per heavy atom. The summed E-state index contributed by atoms with van der Waals surface area (Å²) in [5, 5.41) is 0. The SMILES string of the molecule is CCO[C@H]1OC2O[C@]3(C)CCC4[C@H](C)CCC([C@H]1C)[C@@]24OO3. The number of rotatable bonds is 2. The summed E-state index contributed by atoms with van der Waals surface area (Å²) >= 11 is 0. The lowest BCUT2D eigenvalue weighted by Gasteiger charge is -2.60. The standard InChI is InChI=1S/C17H28O5/c1-5-18-14-11(3)13-7-6-10(2)12-8-9-16(4)20-15(19-14)17(12,13)22-21-16/h10-15H,5-9H2,1-4H3/t10-,11-,12?,13?,14+,15?,16+,17-/m1/s1. The Morgan fingerprint density at radius 1 is 1.09 bits per heavy atom. The second-order valence-electron chi connectivity index (χ2n) is 7.73. The van der Waals surface area contributed by atoms with Crippen molar-refractivity contribution in [2.75, 3.05) is 6.61 Å². The highest BCUT2D eigenvalue weighted by molar-refractivity contribution is 5.09. The highest BCUT2D eigenvalue weighted by Crippen LogP contribution is 2.60. The Labute approximate surface area is 132 Å². The lowest BCUT2D eigenvalue weighted by molar-refractivity contribution is -0.577. The highest BCUT2D eigenvalue weighted by Gasteiger charge is 2.69. The highest BCUT2D eigenvalue weighted by atomic mass is 17.3. The third kappa shape index (κ3) is 1.96. The molecule has 0 radical (unpaired) electrons. The summed E-state index contributed by atoms with van der Waals surface area (Å²) in [6.07, 6.45) is 3.66. The van der Waals surface area contributed by atoms with E-state index in [1.807, 2.05) is 13.8 Å². The Bertz CT molecular complexity index is 443. The molecule has 0 aromatic carbocycles. The molecule has 1 saturated carbocycles. The third-order valence-corrected chi connectivity index (χ3v) is 6.43. The summed E-state index contributed by atoms with van der Waals surface area (Å²) in [5.41, 5.74) is -0.472. The molecule has 0 amide bonds. The summed E-state index contributed by atoms with van der Waals surface area (Å²) in [5.74, 6) is 0.957. The van der Waals surface area contributed by atoms with Gasteiger partial charge in [0.15, 0.2) is 18.2 Å². The normalized spacial score (nSPS) is 57.3. The first-order chi connectivity index (χ1) is 10.5. The van der Waals surface area contributed by atoms with Crippen LogP contribution in [0.15, 0.2) is 0 Å². The van der Waals surface area contributed by atoms with Crippen molar-refractivity contribution in [2.24, 2.45) is 23.7 Å². The minimum absolute atomic E-state index is 0.216. The monoisotopic (exact) mass is 312 g/mol. The van der Waals surface area contributed by atoms with Crippen LogP contribution in [0.5, 0.6) is 0 Å². The summed E-state index contributed by atoms with van der Waals surface area (Å²) < 4.78 is 18.3. The van der Waals surface area contributed by atoms with Crippen LogP contribution in [0.1, 0.15) is 53.4 Å². The molecule has 4 saturated heterocycles. The molecule has 1 aliphatic carbocycles. The van der Waals surface area contributed by atoms with E-state index >= 15 is 0 Å². The molecule has 3 unspecified atom stereocenters. The van der Waals surface area contributed by atoms with Gasteiger partial charge in [0.2, 0.25) is 5.79 Å². The van der Waals surface area contributed by atoms with Crippen molar-refractivity contribution in [1.29, 1.82) is 0 Å². The Hall–Kier alpha value is -0.200. The van der Waals surface area contributed by atoms with Gasteiger partial charge in [-0.05, 0) is 44.9 Å². The predicted octanol–water partition coefficient (Wildman–Crippen LogP) is 3.23. The molecule has 126 valence electrons. The zero-order valence-corrected chi connectivity index (χ0v) is 14.0. The van der Waals surface area contributed by atoms with Gasteiger partial charge in [0.05, 0.1) is 0 Å². The molecule has 5 fully saturated rings. The zero-order valence-electron chi connectivity index (χ0n) is 14.0. The van der Waals surface area contributed by atoms with E-state index in [1.54, 1.807) is 0 Å². The van der Waals surface area contributed by atoms with E-state index in [4.69, 9.17) is 24.0 Å². The van der Waals surface area contributed by atoms with E-state index in [0.717, 1.165) is 19.3 Å². The summed E-state index contributed by atoms with van der Waals surface area (Å²) in [6, 6.07) is 0. The molecule has 8 atom stereocenters. The molecule has 1 spiro atoms. The summed E-state index contributed by atoms with van der Waals surface area (Å²) in [4.78, 5) is 11.9. The summed E-state index contributed by atoms with van der Waals surface area (Å²) in [7, 11) is 0. The first kappa shape index (κ1) is 15.3. The smallest absolute Gasteiger partial charge is 0.201 e. The van der Waals surface area contributed by atoms with Gasteiger partial charge >= 0.3 is 0 Å². The largest absolute Gasteiger partial charge is 0.353 e. The molecule has 5 nitrogen and oxygen atoms in total. The maximum absolute atomic E-state index is 6.25. The molecule has 22 heavy (non-hydrogen) atoms. The average Bonchev–Trinajstić information content (AvgIpc) is 2.71. The quantitative estimate of drug-likeness (QED) is 0.733. The third-order valence-electron chi connectivity index (χ3n) is 6.43. The van der Waals surface area contributed by atoms with Crippen LogP contribution in [0, 0.1) is 23.7 Å². The molecule has 0 N–H and O–H groups in total. The maximum Gasteiger partial charge on any atom is 0.201 e. The van der Waals surface area contributed by atoms with Crippen molar-refractivity contribution >= 4 is 0 Å². The van der Waals surface area contributed by atoms with E-state index in [0.29, 0.717) is 24.4 Å². The number of hydrogen-bond donors (Lipinski definition) is 0. The van der Waals surface area contributed by atoms with Crippen LogP contribution >= 0.6 is 0 Å². The van der Waals surface area contributed by atoms with Gasteiger partial charge in [0.25, 0.3) is 0 Å². The minimum atomic E-state index is -0.700. The molecule has 5 rings (SSSR count). The molecule has 2 bridgehead atoms. The molecule has 4 heterocycles. The summed E-state index contributed by atoms with van der Waals surface area (Å²) in [6.45, 7) is 9.15. The predicted molar refractivity (Wildman–Crippen MR) is 78.5 cm³/mol. The van der Waals surface area contributed by atoms with Gasteiger partial charge in [-0.1, -0.05) is 13.8 Å². The van der Waals surface area contributed by atoms with Gasteiger partial charge in [0.1, 0.15) is 0 Å². The second-order valence-corrected chi connectivity index (χ2v) is 7.73. The van der Waals surface area contributed by atoms with E-state index in [1.165, 1.54) is 6.42 Å². The van der Waals surface area contributed by atoms with Crippen molar-refractivity contribution in [3.8, 4) is 0 Å². The van der Waals surface area contributed by atoms with Crippen LogP contribution in [-0.2, 0) is 24.0 Å². The number of hydrogen-bond acceptors (Lipinski definition) is 5. The molecule has 5 heteroatoms. The Balaban J connectivity index is 1.75. The van der Waals surface area contributed by atoms with Crippen LogP contribution in [0.25, 0.3) is 0 Å². The van der Waals surface area contributed by atoms with Crippen LogP contribution in [-0.4, -0.2) is 30.6 Å². The zero-order chi connectivity index (χ0) is 15.5. The van der Waals surface area contributed by atoms with Gasteiger partial charge < -0.3 is 14.2 Å². The van der Waals surface area contributed by atoms with Gasteiger partial charge in [-0.25, -0.2) is 9.78 Å². The lowest BCUT2D eigenvalue weighted by Crippen LogP contribution is -2.70. The number of ether oxygens (including phenoxy) is 3. The van der Waals surface area contributed by atoms with Crippen LogP contribution in [0.2, 0.25) is 0 Å². The Morgan fingerprint density at radius 3 is 2.68 bits per heavy atom. The first-order valence-corrected chi connectivity index (χ1v) is 8.82. The van der Waals surface area contributed by atoms with E-state index in [-0.39, 0.29) is 18.5 Å². The van der Waals surface area contributed by atoms with Crippen molar-refractivity contribution in [1.82, 2.24) is 0 Å². The maximum atomic E-state index is 6.25. The van der Waals surface area contributed by atoms with Crippen molar-refractivity contribution < 1.29 is 24.0 Å². The van der Waals surface area contributed by atoms with Gasteiger partial charge in [-0.2, -0.15) is 0 Å². The van der Waals surface area contributed by atoms with Crippen molar-refractivity contribution in [3.05, 3.63) is 0 Å². The van der Waals surface area contributed by atoms with E-state index in [9.17, 15) is 0 Å². The second kappa shape index (κ2) is 5.15. The van der Waals surface area contributed by atoms with Crippen LogP contribution < -0.4 is 0 Å². The molecular formula is C17H28O5. The topological polar surface area (TPSA) is 46.2 Å². The minimum Gasteiger partial charge on any atom is -0.353 e. The van der Waals surface area contributed by atoms with Crippen LogP contribution in [0.4, 0.5) is 0 Å². The Kier molecular flexibility index (Phi) is 3.59. The lowest BCUT2D eigenvalue weighted by atomic mass is 9.58. The fourth-order valence-electron chi connectivity index (χ4n) is 5.23. The fourth-order valence-corrected chi connectivity index (χ4v) is 5.23. The van der Waals surface area contributed by atoms with Crippen molar-refractivity contribution in [2.45, 2.75) is 77.3 Å². The molecule has 4 aliphatic heterocycles. The molecule has 0 aromatic heterocycles. The van der Waals surface area contributed by atoms with Crippen molar-refractivity contribution in [3.63, 3.8) is 0 Å². The molecule has 0 aromatic rings. The number of fused-ring (bicyclic) bond motifs is 2. The van der Waals surface area contributed by atoms with E-state index in [2.05, 4.69) is 13.8 Å². The van der Waals surface area contributed by atoms with E-state index < -0.39 is 11.4 Å². The van der Waals surface area contributed by atoms with Gasteiger partial charge in [-0.3, -0.25) is 0 Å². The first-order valence-electron chi connectivity index (χ1n) is 8.82. The van der Waals surface area contributed by atoms with Crippen LogP contribution in [0.3, 0.4) is 0 Å². The average molecular weight is 312 g/mol. The molecule has 5 aliphatic rings. The fraction of sp³-hybridized carbons (Fsp3) is 1.00. The van der Waals surface area contributed by atoms with Gasteiger partial charge in [0, 0.05) is 24.9 Å².